The molecular formula is C72H63ClCrO8P4+3. The molecule has 14 heteroatoms. The molecular weight excluding hydrogens is 1200 g/mol. The first-order valence-corrected chi connectivity index (χ1v) is 35.2. The van der Waals surface area contributed by atoms with Gasteiger partial charge in [0.25, 0.3) is 0 Å². The van der Waals surface area contributed by atoms with Gasteiger partial charge in [0.15, 0.2) is 28.6 Å². The van der Waals surface area contributed by atoms with Gasteiger partial charge < -0.3 is 18.3 Å². The normalized spacial score (nSPS) is 11.3. The van der Waals surface area contributed by atoms with Gasteiger partial charge in [-0.25, -0.2) is 0 Å². The molecule has 8 nitrogen and oxygen atoms in total. The summed E-state index contributed by atoms with van der Waals surface area (Å²) >= 11 is 0. The van der Waals surface area contributed by atoms with Gasteiger partial charge in [-0.05, 0) is 0 Å². The second-order valence-corrected chi connectivity index (χ2v) is 30.8. The molecule has 1 radical (unpaired) electrons. The van der Waals surface area contributed by atoms with E-state index in [9.17, 15) is 18.3 Å². The van der Waals surface area contributed by atoms with Crippen LogP contribution in [0.5, 0.6) is 0 Å². The van der Waals surface area contributed by atoms with Crippen molar-refractivity contribution in [3.63, 3.8) is 0 Å². The van der Waals surface area contributed by atoms with E-state index in [-0.39, 0.29) is 17.4 Å². The van der Waals surface area contributed by atoms with E-state index in [2.05, 4.69) is 0 Å². The average Bonchev–Trinajstić information content (AvgIpc) is 2.53. The molecule has 429 valence electrons. The van der Waals surface area contributed by atoms with Crippen LogP contribution in [0, 0.1) is 10.2 Å². The molecule has 0 aliphatic rings. The molecule has 0 aliphatic carbocycles. The number of hydrogen-bond acceptors (Lipinski definition) is 8. The van der Waals surface area contributed by atoms with Gasteiger partial charge in [0.1, 0.15) is 0 Å². The minimum absolute atomic E-state index is 0. The Morgan fingerprint density at radius 3 is 0.302 bits per heavy atom. The second kappa shape index (κ2) is 32.1. The van der Waals surface area contributed by atoms with Crippen molar-refractivity contribution in [3.8, 4) is 0 Å². The Labute approximate surface area is 517 Å². The van der Waals surface area contributed by atoms with E-state index >= 15 is 0 Å². The summed E-state index contributed by atoms with van der Waals surface area (Å²) in [5.74, 6) is 0. The van der Waals surface area contributed by atoms with Gasteiger partial charge in [-0.3, -0.25) is 0 Å². The van der Waals surface area contributed by atoms with E-state index in [1.807, 2.05) is 364 Å². The monoisotopic (exact) mass is 1270 g/mol. The molecule has 12 aromatic carbocycles. The molecule has 0 unspecified atom stereocenters. The van der Waals surface area contributed by atoms with Gasteiger partial charge in [0, 0.05) is 63.7 Å². The maximum atomic E-state index is 13.8. The van der Waals surface area contributed by atoms with E-state index < -0.39 is 38.8 Å². The summed E-state index contributed by atoms with van der Waals surface area (Å²) < 4.78 is 85.5. The summed E-state index contributed by atoms with van der Waals surface area (Å²) in [7, 11) is -15.3. The van der Waals surface area contributed by atoms with Gasteiger partial charge >= 0.3 is 46.2 Å². The molecule has 0 heterocycles. The summed E-state index contributed by atoms with van der Waals surface area (Å²) in [6, 6.07) is 117. The molecule has 0 saturated heterocycles. The van der Waals surface area contributed by atoms with Gasteiger partial charge in [0.05, 0.1) is 0 Å². The van der Waals surface area contributed by atoms with Crippen molar-refractivity contribution in [2.45, 2.75) is 0 Å². The third-order valence-corrected chi connectivity index (χ3v) is 25.7. The molecule has 0 bridgehead atoms. The van der Waals surface area contributed by atoms with Gasteiger partial charge in [-0.15, -0.1) is 0 Å². The van der Waals surface area contributed by atoms with Gasteiger partial charge in [0.2, 0.25) is 0 Å². The summed E-state index contributed by atoms with van der Waals surface area (Å²) in [5.41, 5.74) is 0. The first-order valence-electron chi connectivity index (χ1n) is 27.0. The van der Waals surface area contributed by atoms with Crippen LogP contribution >= 0.6 is 28.6 Å². The minimum atomic E-state index is -4.19. The molecule has 12 aromatic rings. The molecule has 0 aromatic heterocycles. The third-order valence-electron chi connectivity index (χ3n) is 13.4. The molecule has 3 N–H and O–H groups in total. The molecule has 12 rings (SSSR count). The number of halogens is 1. The first kappa shape index (κ1) is 65.8. The Morgan fingerprint density at radius 2 is 0.244 bits per heavy atom. The summed E-state index contributed by atoms with van der Waals surface area (Å²) in [6.45, 7) is 0. The average molecular weight is 1270 g/mol. The van der Waals surface area contributed by atoms with E-state index in [1.54, 1.807) is 0 Å². The van der Waals surface area contributed by atoms with Crippen LogP contribution in [0.2, 0.25) is 0 Å². The van der Waals surface area contributed by atoms with Crippen LogP contribution in [0.15, 0.2) is 364 Å². The standard InChI is InChI=1S/4C18H15OP.ClH3O4.Cr/c4*19-20(16-10-4-1-5-11-16,17-12-6-2-7-13-17)18-14-8-3-9-15-18;2-1(3,4)5;/h4*1-15H;2-4H;/q;;;;;+3. The van der Waals surface area contributed by atoms with Crippen LogP contribution < -0.4 is 68.3 Å². The molecule has 0 fully saturated rings. The van der Waals surface area contributed by atoms with Crippen molar-refractivity contribution in [1.29, 1.82) is 0 Å². The van der Waals surface area contributed by atoms with Crippen molar-refractivity contribution in [3.05, 3.63) is 364 Å². The fourth-order valence-corrected chi connectivity index (χ4v) is 20.1. The quantitative estimate of drug-likeness (QED) is 0.102. The predicted octanol–water partition coefficient (Wildman–Crippen LogP) is 10.4. The van der Waals surface area contributed by atoms with Crippen LogP contribution in [0.4, 0.5) is 0 Å². The molecule has 0 spiro atoms. The van der Waals surface area contributed by atoms with Crippen molar-refractivity contribution in [2.24, 2.45) is 0 Å². The van der Waals surface area contributed by atoms with E-state index in [0.29, 0.717) is 0 Å². The number of benzene rings is 12. The van der Waals surface area contributed by atoms with Crippen LogP contribution in [0.1, 0.15) is 0 Å². The van der Waals surface area contributed by atoms with E-state index in [4.69, 9.17) is 18.6 Å². The van der Waals surface area contributed by atoms with E-state index in [0.717, 1.165) is 63.7 Å². The third kappa shape index (κ3) is 16.8. The Bertz CT molecular complexity index is 3130. The fraction of sp³-hybridized carbons (Fsp3) is 0. The Balaban J connectivity index is 0.000000159. The zero-order chi connectivity index (χ0) is 59.9. The maximum absolute atomic E-state index is 13.8. The molecule has 0 aliphatic heterocycles. The molecule has 0 saturated carbocycles. The number of rotatable bonds is 12. The first-order chi connectivity index (χ1) is 41.3. The van der Waals surface area contributed by atoms with Crippen molar-refractivity contribution in [1.82, 2.24) is 0 Å². The van der Waals surface area contributed by atoms with Crippen LogP contribution in [0.3, 0.4) is 0 Å². The van der Waals surface area contributed by atoms with Crippen LogP contribution in [-0.2, 0) is 35.6 Å². The zero-order valence-corrected chi connectivity index (χ0v) is 52.2. The molecule has 86 heavy (non-hydrogen) atoms. The zero-order valence-electron chi connectivity index (χ0n) is 46.6. The summed E-state index contributed by atoms with van der Waals surface area (Å²) in [4.78, 5) is 0. The van der Waals surface area contributed by atoms with Crippen molar-refractivity contribution in [2.75, 3.05) is 0 Å². The van der Waals surface area contributed by atoms with Gasteiger partial charge in [-0.2, -0.15) is 0 Å². The second-order valence-electron chi connectivity index (χ2n) is 18.9. The fourth-order valence-electron chi connectivity index (χ4n) is 9.44. The predicted molar refractivity (Wildman–Crippen MR) is 350 cm³/mol. The Morgan fingerprint density at radius 1 is 0.186 bits per heavy atom. The van der Waals surface area contributed by atoms with Crippen molar-refractivity contribution < 1.29 is 64.5 Å². The van der Waals surface area contributed by atoms with Crippen LogP contribution in [0.25, 0.3) is 0 Å². The number of hydrogen-bond donors (Lipinski definition) is 3. The Kier molecular flexibility index (Phi) is 24.5. The molecule has 0 amide bonds. The molecule has 0 atom stereocenters. The van der Waals surface area contributed by atoms with Crippen LogP contribution in [-0.4, -0.2) is 14.0 Å². The van der Waals surface area contributed by atoms with Crippen molar-refractivity contribution >= 4 is 92.2 Å². The Hall–Kier alpha value is -7.78. The summed E-state index contributed by atoms with van der Waals surface area (Å²) in [6.07, 6.45) is 0. The SMILES string of the molecule is O=P(c1ccccc1)(c1ccccc1)c1ccccc1.O=P(c1ccccc1)(c1ccccc1)c1ccccc1.O=P(c1ccccc1)(c1ccccc1)c1ccccc1.O=P(c1ccccc1)(c1ccccc1)c1ccccc1.[Cr+3].[O-][Cl+](O)(O)O. The topological polar surface area (TPSA) is 152 Å². The summed E-state index contributed by atoms with van der Waals surface area (Å²) in [5, 5.41) is 10.5. The van der Waals surface area contributed by atoms with Gasteiger partial charge in [-0.1, -0.05) is 364 Å². The van der Waals surface area contributed by atoms with E-state index in [1.165, 1.54) is 0 Å².